The van der Waals surface area contributed by atoms with Crippen LogP contribution < -0.4 is 15.4 Å². The molecule has 3 nitrogen and oxygen atoms in total. The van der Waals surface area contributed by atoms with E-state index < -0.39 is 6.36 Å². The van der Waals surface area contributed by atoms with Crippen LogP contribution in [-0.4, -0.2) is 24.5 Å². The fourth-order valence-corrected chi connectivity index (χ4v) is 6.96. The molecule has 1 aliphatic heterocycles. The Labute approximate surface area is 210 Å². The van der Waals surface area contributed by atoms with E-state index in [-0.39, 0.29) is 23.8 Å². The summed E-state index contributed by atoms with van der Waals surface area (Å²) in [7, 11) is 0. The highest BCUT2D eigenvalue weighted by Crippen LogP contribution is 2.59. The van der Waals surface area contributed by atoms with Gasteiger partial charge in [-0.1, -0.05) is 79.2 Å². The first-order chi connectivity index (χ1) is 17.5. The van der Waals surface area contributed by atoms with Crippen LogP contribution in [0, 0.1) is 17.8 Å². The summed E-state index contributed by atoms with van der Waals surface area (Å²) in [5.74, 6) is 1.53. The Bertz CT molecular complexity index is 1130. The van der Waals surface area contributed by atoms with E-state index >= 15 is 0 Å². The zero-order chi connectivity index (χ0) is 24.7. The van der Waals surface area contributed by atoms with Gasteiger partial charge in [0.1, 0.15) is 0 Å². The number of fused-ring (bicyclic) bond motifs is 2. The smallest absolute Gasteiger partial charge is 0.404 e. The van der Waals surface area contributed by atoms with Gasteiger partial charge in [0.05, 0.1) is 5.69 Å². The highest BCUT2D eigenvalue weighted by Gasteiger charge is 2.59. The molecule has 3 aromatic rings. The number of rotatable bonds is 6. The normalized spacial score (nSPS) is 29.2. The molecule has 2 N–H and O–H groups in total. The van der Waals surface area contributed by atoms with Crippen molar-refractivity contribution in [2.75, 3.05) is 5.32 Å². The van der Waals surface area contributed by atoms with Gasteiger partial charge in [0, 0.05) is 24.0 Å². The maximum atomic E-state index is 13.2. The van der Waals surface area contributed by atoms with E-state index in [0.29, 0.717) is 29.5 Å². The van der Waals surface area contributed by atoms with Gasteiger partial charge < -0.3 is 15.4 Å². The number of alkyl halides is 3. The third-order valence-electron chi connectivity index (χ3n) is 8.39. The molecule has 6 atom stereocenters. The minimum absolute atomic E-state index is 0.0110. The molecular weight excluding hydrogens is 461 g/mol. The van der Waals surface area contributed by atoms with Crippen LogP contribution in [0.1, 0.15) is 42.7 Å². The molecule has 0 spiro atoms. The predicted molar refractivity (Wildman–Crippen MR) is 135 cm³/mol. The molecular formula is C30H31F3N2O. The minimum Gasteiger partial charge on any atom is -0.404 e. The van der Waals surface area contributed by atoms with Crippen molar-refractivity contribution in [1.29, 1.82) is 0 Å². The van der Waals surface area contributed by atoms with Crippen LogP contribution in [-0.2, 0) is 0 Å². The second kappa shape index (κ2) is 9.47. The first kappa shape index (κ1) is 23.4. The maximum absolute atomic E-state index is 13.2. The Balaban J connectivity index is 1.43. The molecule has 6 rings (SSSR count). The van der Waals surface area contributed by atoms with Crippen LogP contribution in [0.5, 0.6) is 5.75 Å². The second-order valence-electron chi connectivity index (χ2n) is 10.5. The first-order valence-corrected chi connectivity index (χ1v) is 13.0. The molecule has 1 heterocycles. The van der Waals surface area contributed by atoms with E-state index in [9.17, 15) is 13.2 Å². The van der Waals surface area contributed by atoms with E-state index in [1.54, 1.807) is 18.2 Å². The van der Waals surface area contributed by atoms with Crippen LogP contribution >= 0.6 is 0 Å². The van der Waals surface area contributed by atoms with Crippen molar-refractivity contribution >= 4 is 5.69 Å². The van der Waals surface area contributed by atoms with Gasteiger partial charge in [-0.25, -0.2) is 0 Å². The molecule has 0 aromatic heterocycles. The standard InChI is InChI=1S/C30H31F3N2O/c31-30(32,33)36-25-17-8-7-16-24(25)35-29-27-22-15-9-14-21(18-23(22)27)34-28(29)26(19-10-3-1-4-11-19)20-12-5-2-6-13-20/h1-8,10-13,16-17,21-23,26-29,34-35H,9,14-15,18H2. The zero-order valence-electron chi connectivity index (χ0n) is 20.0. The third-order valence-corrected chi connectivity index (χ3v) is 8.39. The molecule has 6 unspecified atom stereocenters. The van der Waals surface area contributed by atoms with Gasteiger partial charge in [0.15, 0.2) is 5.75 Å². The Kier molecular flexibility index (Phi) is 6.16. The molecule has 3 aromatic carbocycles. The third kappa shape index (κ3) is 4.71. The SMILES string of the molecule is FC(F)(F)Oc1ccccc1NC1C(C(c2ccccc2)c2ccccc2)NC2CCCC3C(C2)C31. The first-order valence-electron chi connectivity index (χ1n) is 13.0. The molecule has 2 bridgehead atoms. The van der Waals surface area contributed by atoms with Crippen molar-refractivity contribution in [2.45, 2.75) is 56.1 Å². The number of halogens is 3. The number of para-hydroxylation sites is 2. The van der Waals surface area contributed by atoms with Crippen molar-refractivity contribution in [1.82, 2.24) is 5.32 Å². The predicted octanol–water partition coefficient (Wildman–Crippen LogP) is 6.97. The number of hydrogen-bond acceptors (Lipinski definition) is 3. The van der Waals surface area contributed by atoms with Crippen molar-refractivity contribution in [3.8, 4) is 5.75 Å². The number of ether oxygens (including phenoxy) is 1. The Morgan fingerprint density at radius 2 is 1.44 bits per heavy atom. The van der Waals surface area contributed by atoms with Crippen molar-refractivity contribution < 1.29 is 17.9 Å². The van der Waals surface area contributed by atoms with E-state index in [4.69, 9.17) is 0 Å². The largest absolute Gasteiger partial charge is 0.573 e. The van der Waals surface area contributed by atoms with Crippen molar-refractivity contribution in [3.05, 3.63) is 96.1 Å². The topological polar surface area (TPSA) is 33.3 Å². The van der Waals surface area contributed by atoms with E-state index in [2.05, 4.69) is 63.9 Å². The highest BCUT2D eigenvalue weighted by molar-refractivity contribution is 5.58. The molecule has 3 fully saturated rings. The number of hydrogen-bond donors (Lipinski definition) is 2. The number of anilines is 1. The molecule has 0 radical (unpaired) electrons. The molecule has 36 heavy (non-hydrogen) atoms. The van der Waals surface area contributed by atoms with Crippen molar-refractivity contribution in [2.24, 2.45) is 17.8 Å². The second-order valence-corrected chi connectivity index (χ2v) is 10.5. The van der Waals surface area contributed by atoms with Gasteiger partial charge in [-0.2, -0.15) is 0 Å². The Morgan fingerprint density at radius 1 is 0.806 bits per heavy atom. The molecule has 3 aliphatic rings. The maximum Gasteiger partial charge on any atom is 0.573 e. The average Bonchev–Trinajstić information content (AvgIpc) is 3.59. The molecule has 2 aliphatic carbocycles. The molecule has 2 saturated carbocycles. The summed E-state index contributed by atoms with van der Waals surface area (Å²) < 4.78 is 44.1. The van der Waals surface area contributed by atoms with Crippen LogP contribution in [0.3, 0.4) is 0 Å². The summed E-state index contributed by atoms with van der Waals surface area (Å²) in [5, 5.41) is 7.61. The summed E-state index contributed by atoms with van der Waals surface area (Å²) in [6, 6.07) is 27.8. The minimum atomic E-state index is -4.74. The Hall–Kier alpha value is -2.99. The zero-order valence-corrected chi connectivity index (χ0v) is 20.0. The van der Waals surface area contributed by atoms with Gasteiger partial charge >= 0.3 is 6.36 Å². The van der Waals surface area contributed by atoms with Gasteiger partial charge in [0.2, 0.25) is 0 Å². The summed E-state index contributed by atoms with van der Waals surface area (Å²) in [6.45, 7) is 0. The van der Waals surface area contributed by atoms with Crippen LogP contribution in [0.15, 0.2) is 84.9 Å². The molecule has 188 valence electrons. The number of benzene rings is 3. The van der Waals surface area contributed by atoms with E-state index in [1.165, 1.54) is 30.0 Å². The molecule has 6 heteroatoms. The lowest BCUT2D eigenvalue weighted by molar-refractivity contribution is -0.274. The Morgan fingerprint density at radius 3 is 2.11 bits per heavy atom. The van der Waals surface area contributed by atoms with Crippen LogP contribution in [0.2, 0.25) is 0 Å². The fraction of sp³-hybridized carbons (Fsp3) is 0.400. The summed E-state index contributed by atoms with van der Waals surface area (Å²) >= 11 is 0. The van der Waals surface area contributed by atoms with Crippen molar-refractivity contribution in [3.63, 3.8) is 0 Å². The monoisotopic (exact) mass is 492 g/mol. The summed E-state index contributed by atoms with van der Waals surface area (Å²) in [6.07, 6.45) is -0.0630. The lowest BCUT2D eigenvalue weighted by Gasteiger charge is -2.38. The number of nitrogens with one attached hydrogen (secondary N) is 2. The van der Waals surface area contributed by atoms with E-state index in [0.717, 1.165) is 12.8 Å². The quantitative estimate of drug-likeness (QED) is 0.390. The van der Waals surface area contributed by atoms with Gasteiger partial charge in [-0.15, -0.1) is 13.2 Å². The van der Waals surface area contributed by atoms with E-state index in [1.807, 2.05) is 12.1 Å². The lowest BCUT2D eigenvalue weighted by atomic mass is 9.80. The lowest BCUT2D eigenvalue weighted by Crippen LogP contribution is -2.51. The highest BCUT2D eigenvalue weighted by atomic mass is 19.4. The van der Waals surface area contributed by atoms with Gasteiger partial charge in [0.25, 0.3) is 0 Å². The van der Waals surface area contributed by atoms with Gasteiger partial charge in [-0.3, -0.25) is 0 Å². The van der Waals surface area contributed by atoms with Gasteiger partial charge in [-0.05, 0) is 60.3 Å². The van der Waals surface area contributed by atoms with Crippen LogP contribution in [0.4, 0.5) is 18.9 Å². The van der Waals surface area contributed by atoms with Crippen LogP contribution in [0.25, 0.3) is 0 Å². The molecule has 0 amide bonds. The fourth-order valence-electron chi connectivity index (χ4n) is 6.96. The average molecular weight is 493 g/mol. The summed E-state index contributed by atoms with van der Waals surface area (Å²) in [5.41, 5.74) is 2.82. The summed E-state index contributed by atoms with van der Waals surface area (Å²) in [4.78, 5) is 0. The molecule has 1 saturated heterocycles.